The highest BCUT2D eigenvalue weighted by molar-refractivity contribution is 7.80. The molecule has 0 spiro atoms. The van der Waals surface area contributed by atoms with E-state index in [1.54, 1.807) is 24.3 Å². The average Bonchev–Trinajstić information content (AvgIpc) is 3.83. The molecule has 49 heavy (non-hydrogen) atoms. The maximum absolute atomic E-state index is 11.5. The number of pyridine rings is 2. The van der Waals surface area contributed by atoms with Crippen LogP contribution in [0, 0.1) is 7.43 Å². The fraction of sp³-hybridized carbons (Fsp3) is 0.324. The fourth-order valence-electron chi connectivity index (χ4n) is 5.12. The molecule has 0 radical (unpaired) electrons. The van der Waals surface area contributed by atoms with Crippen molar-refractivity contribution < 1.29 is 9.47 Å². The molecule has 2 saturated heterocycles. The van der Waals surface area contributed by atoms with Gasteiger partial charge in [0.1, 0.15) is 24.7 Å². The Morgan fingerprint density at radius 3 is 1.53 bits per heavy atom. The molecule has 2 aliphatic rings. The fourth-order valence-corrected chi connectivity index (χ4v) is 5.53. The maximum atomic E-state index is 11.5. The lowest BCUT2D eigenvalue weighted by molar-refractivity contribution is 0.237. The van der Waals surface area contributed by atoms with Crippen LogP contribution in [0.1, 0.15) is 25.7 Å². The van der Waals surface area contributed by atoms with Crippen molar-refractivity contribution in [3.05, 3.63) is 125 Å². The number of anilines is 1. The molecule has 0 bridgehead atoms. The number of benzene rings is 2. The zero-order valence-electron chi connectivity index (χ0n) is 28.0. The van der Waals surface area contributed by atoms with Crippen molar-refractivity contribution in [2.45, 2.75) is 25.7 Å². The van der Waals surface area contributed by atoms with Gasteiger partial charge in [-0.1, -0.05) is 12.1 Å². The van der Waals surface area contributed by atoms with Crippen molar-refractivity contribution >= 4 is 46.1 Å². The van der Waals surface area contributed by atoms with E-state index in [2.05, 4.69) is 32.2 Å². The molecule has 2 fully saturated rings. The normalized spacial score (nSPS) is 13.8. The van der Waals surface area contributed by atoms with Gasteiger partial charge in [-0.05, 0) is 137 Å². The standard InChI is InChI=1S/C13H16N2OS.C12H18N2O.C11H8N2O2S.CH3/c17-11-14-12-3-5-13(6-4-12)16-10-9-15-7-1-2-8-15;13-11-3-5-12(6-4-11)15-10-9-14-7-1-2-8-14;14-9-5-1-3-7-12(9)11(16)13-8-4-2-6-10(13)15;/h3-6H,1-2,7-10H2;3-6H,1-2,7-10,13H2;1-8H;1H3/q;;;-1. The molecule has 260 valence electrons. The van der Waals surface area contributed by atoms with Crippen LogP contribution in [0.3, 0.4) is 0 Å². The minimum Gasteiger partial charge on any atom is -0.492 e. The van der Waals surface area contributed by atoms with Gasteiger partial charge in [-0.15, -0.1) is 0 Å². The lowest BCUT2D eigenvalue weighted by Crippen LogP contribution is -2.35. The Morgan fingerprint density at radius 1 is 0.694 bits per heavy atom. The quantitative estimate of drug-likeness (QED) is 0.101. The van der Waals surface area contributed by atoms with Gasteiger partial charge in [-0.25, -0.2) is 0 Å². The van der Waals surface area contributed by atoms with Gasteiger partial charge in [0, 0.05) is 43.3 Å². The number of likely N-dealkylation sites (tertiary alicyclic amines) is 2. The second-order valence-electron chi connectivity index (χ2n) is 11.2. The smallest absolute Gasteiger partial charge is 0.256 e. The van der Waals surface area contributed by atoms with Gasteiger partial charge in [0.25, 0.3) is 11.1 Å². The molecule has 0 amide bonds. The van der Waals surface area contributed by atoms with Crippen LogP contribution in [0.4, 0.5) is 11.4 Å². The van der Waals surface area contributed by atoms with Gasteiger partial charge in [0.2, 0.25) is 0 Å². The van der Waals surface area contributed by atoms with Crippen LogP contribution in [0.5, 0.6) is 11.5 Å². The predicted octanol–water partition coefficient (Wildman–Crippen LogP) is 5.78. The number of nitrogen functional groups attached to an aromatic ring is 1. The highest BCUT2D eigenvalue weighted by Crippen LogP contribution is 2.18. The third kappa shape index (κ3) is 13.5. The topological polar surface area (TPSA) is 107 Å². The molecule has 2 aromatic carbocycles. The van der Waals surface area contributed by atoms with Gasteiger partial charge in [0.05, 0.1) is 10.8 Å². The van der Waals surface area contributed by atoms with Gasteiger partial charge < -0.3 is 22.6 Å². The number of nitrogens with zero attached hydrogens (tertiary/aromatic N) is 5. The number of aliphatic imine (C=N–C) groups is 1. The average molecular weight is 702 g/mol. The summed E-state index contributed by atoms with van der Waals surface area (Å²) in [7, 11) is 0. The van der Waals surface area contributed by atoms with Crippen LogP contribution in [0.25, 0.3) is 0 Å². The first-order valence-corrected chi connectivity index (χ1v) is 16.9. The SMILES string of the molecule is Nc1ccc(OCCN2CCCC2)cc1.O=c1ccccn1C(=S)n1ccccc1=O.S=C=Nc1ccc(OCCN2CCCC2)cc1.[CH3-]. The van der Waals surface area contributed by atoms with Crippen LogP contribution in [0.15, 0.2) is 112 Å². The van der Waals surface area contributed by atoms with E-state index in [1.165, 1.54) is 85.5 Å². The van der Waals surface area contributed by atoms with Crippen molar-refractivity contribution in [1.29, 1.82) is 0 Å². The minimum atomic E-state index is -0.261. The van der Waals surface area contributed by atoms with Crippen molar-refractivity contribution in [3.8, 4) is 11.5 Å². The molecule has 0 atom stereocenters. The van der Waals surface area contributed by atoms with Gasteiger partial charge >= 0.3 is 0 Å². The Kier molecular flexibility index (Phi) is 17.1. The molecule has 4 heterocycles. The highest BCUT2D eigenvalue weighted by Gasteiger charge is 2.11. The molecule has 0 aliphatic carbocycles. The number of aromatic nitrogens is 2. The Hall–Kier alpha value is -4.45. The summed E-state index contributed by atoms with van der Waals surface area (Å²) < 4.78 is 13.8. The van der Waals surface area contributed by atoms with Crippen LogP contribution in [-0.4, -0.2) is 81.7 Å². The lowest BCUT2D eigenvalue weighted by Gasteiger charge is -2.14. The Bertz CT molecular complexity index is 1670. The highest BCUT2D eigenvalue weighted by atomic mass is 32.1. The molecule has 6 rings (SSSR count). The van der Waals surface area contributed by atoms with E-state index in [0.29, 0.717) is 0 Å². The van der Waals surface area contributed by atoms with Crippen molar-refractivity contribution in [2.24, 2.45) is 4.99 Å². The molecule has 2 N–H and O–H groups in total. The van der Waals surface area contributed by atoms with Gasteiger partial charge in [-0.2, -0.15) is 4.99 Å². The Labute approximate surface area is 299 Å². The number of nitrogens with two attached hydrogens (primary N) is 1. The number of ether oxygens (including phenoxy) is 2. The van der Waals surface area contributed by atoms with Crippen molar-refractivity contribution in [3.63, 3.8) is 0 Å². The number of hydrogen-bond donors (Lipinski definition) is 1. The van der Waals surface area contributed by atoms with E-state index in [1.807, 2.05) is 48.5 Å². The summed E-state index contributed by atoms with van der Waals surface area (Å²) in [6, 6.07) is 24.5. The molecule has 2 aromatic heterocycles. The molecule has 0 saturated carbocycles. The third-order valence-corrected chi connectivity index (χ3v) is 8.18. The molecule has 2 aliphatic heterocycles. The summed E-state index contributed by atoms with van der Waals surface area (Å²) in [4.78, 5) is 31.8. The molecular weight excluding hydrogens is 657 g/mol. The number of thiocarbonyl (C=S) groups is 2. The summed E-state index contributed by atoms with van der Waals surface area (Å²) in [6.45, 7) is 8.44. The minimum absolute atomic E-state index is 0. The van der Waals surface area contributed by atoms with Crippen molar-refractivity contribution in [1.82, 2.24) is 18.9 Å². The maximum Gasteiger partial charge on any atom is 0.256 e. The zero-order valence-corrected chi connectivity index (χ0v) is 29.6. The summed E-state index contributed by atoms with van der Waals surface area (Å²) in [5, 5.41) is 2.49. The molecule has 0 unspecified atom stereocenters. The van der Waals surface area contributed by atoms with Crippen LogP contribution in [-0.2, 0) is 0 Å². The third-order valence-electron chi connectivity index (χ3n) is 7.70. The van der Waals surface area contributed by atoms with E-state index >= 15 is 0 Å². The van der Waals surface area contributed by atoms with E-state index in [9.17, 15) is 9.59 Å². The largest absolute Gasteiger partial charge is 0.492 e. The molecule has 12 heteroatoms. The monoisotopic (exact) mass is 701 g/mol. The van der Waals surface area contributed by atoms with Crippen LogP contribution < -0.4 is 26.3 Å². The summed E-state index contributed by atoms with van der Waals surface area (Å²) in [5.74, 6) is 1.79. The Balaban J connectivity index is 0.000000197. The van der Waals surface area contributed by atoms with Gasteiger partial charge in [-0.3, -0.25) is 28.5 Å². The number of hydrogen-bond acceptors (Lipinski definition) is 10. The summed E-state index contributed by atoms with van der Waals surface area (Å²) in [6.07, 6.45) is 8.38. The Morgan fingerprint density at radius 2 is 1.12 bits per heavy atom. The van der Waals surface area contributed by atoms with Crippen LogP contribution in [0.2, 0.25) is 0 Å². The first kappa shape index (κ1) is 39.0. The molecule has 10 nitrogen and oxygen atoms in total. The second kappa shape index (κ2) is 21.5. The number of isothiocyanates is 1. The van der Waals surface area contributed by atoms with E-state index in [4.69, 9.17) is 27.4 Å². The van der Waals surface area contributed by atoms with Gasteiger partial charge in [0.15, 0.2) is 5.11 Å². The first-order valence-electron chi connectivity index (χ1n) is 16.1. The van der Waals surface area contributed by atoms with E-state index in [0.717, 1.165) is 49.2 Å². The molecule has 4 aromatic rings. The zero-order chi connectivity index (χ0) is 34.0. The summed E-state index contributed by atoms with van der Waals surface area (Å²) in [5.41, 5.74) is 6.66. The molecular formula is C37H45N6O4S2-. The second-order valence-corrected chi connectivity index (χ2v) is 11.7. The predicted molar refractivity (Wildman–Crippen MR) is 206 cm³/mol. The lowest BCUT2D eigenvalue weighted by atomic mass is 10.3. The summed E-state index contributed by atoms with van der Waals surface area (Å²) >= 11 is 9.63. The van der Waals surface area contributed by atoms with E-state index < -0.39 is 0 Å². The first-order chi connectivity index (χ1) is 23.4. The van der Waals surface area contributed by atoms with Crippen molar-refractivity contribution in [2.75, 3.05) is 58.2 Å². The van der Waals surface area contributed by atoms with E-state index in [-0.39, 0.29) is 23.7 Å². The number of rotatable bonds is 9. The van der Waals surface area contributed by atoms with Crippen LogP contribution >= 0.6 is 24.4 Å².